The van der Waals surface area contributed by atoms with Crippen molar-refractivity contribution in [3.8, 4) is 5.75 Å². The molecule has 2 unspecified atom stereocenters. The highest BCUT2D eigenvalue weighted by Crippen LogP contribution is 2.50. The van der Waals surface area contributed by atoms with Gasteiger partial charge in [0.2, 0.25) is 0 Å². The van der Waals surface area contributed by atoms with Crippen molar-refractivity contribution in [1.29, 1.82) is 0 Å². The van der Waals surface area contributed by atoms with Crippen molar-refractivity contribution < 1.29 is 14.3 Å². The van der Waals surface area contributed by atoms with Gasteiger partial charge in [0.1, 0.15) is 11.9 Å². The first-order chi connectivity index (χ1) is 13.9. The van der Waals surface area contributed by atoms with Crippen molar-refractivity contribution >= 4 is 32.8 Å². The molecule has 2 aromatic rings. The lowest BCUT2D eigenvalue weighted by molar-refractivity contribution is -0.151. The molecule has 1 saturated heterocycles. The van der Waals surface area contributed by atoms with Crippen LogP contribution >= 0.6 is 15.9 Å². The second-order valence-corrected chi connectivity index (χ2v) is 9.83. The molecular formula is C23H29BrN2O3. The number of fused-ring (bicyclic) bond motifs is 2. The van der Waals surface area contributed by atoms with Crippen LogP contribution in [0.15, 0.2) is 30.5 Å². The number of nitrogens with zero attached hydrogens (tertiary/aromatic N) is 2. The highest BCUT2D eigenvalue weighted by Gasteiger charge is 2.51. The summed E-state index contributed by atoms with van der Waals surface area (Å²) >= 11 is 3.78. The van der Waals surface area contributed by atoms with Gasteiger partial charge in [-0.3, -0.25) is 14.7 Å². The quantitative estimate of drug-likeness (QED) is 0.460. The van der Waals surface area contributed by atoms with Crippen LogP contribution < -0.4 is 4.74 Å². The van der Waals surface area contributed by atoms with E-state index in [-0.39, 0.29) is 18.1 Å². The van der Waals surface area contributed by atoms with Gasteiger partial charge in [0.05, 0.1) is 12.6 Å². The Labute approximate surface area is 180 Å². The van der Waals surface area contributed by atoms with Crippen LogP contribution in [0.3, 0.4) is 0 Å². The molecule has 2 heterocycles. The average molecular weight is 461 g/mol. The standard InChI is InChI=1S/C23H29BrN2O3/c1-13(24)19-12-22-17(19)8-10-26(22)14(2)23(29-15(3)27)18-7-9-25-21-6-5-16(28-4)11-20(18)21/h5-7,9,11,13-14,17,19,22-23H,8,10,12H2,1-4H3/t13-,14?,17-,19+,22?,23-/m0/s1. The van der Waals surface area contributed by atoms with E-state index < -0.39 is 0 Å². The van der Waals surface area contributed by atoms with Crippen molar-refractivity contribution in [2.24, 2.45) is 11.8 Å². The van der Waals surface area contributed by atoms with E-state index in [4.69, 9.17) is 9.47 Å². The lowest BCUT2D eigenvalue weighted by Crippen LogP contribution is -2.52. The molecule has 1 aromatic carbocycles. The number of aromatic nitrogens is 1. The fourth-order valence-corrected chi connectivity index (χ4v) is 5.91. The van der Waals surface area contributed by atoms with E-state index in [9.17, 15) is 4.79 Å². The first-order valence-electron chi connectivity index (χ1n) is 10.4. The van der Waals surface area contributed by atoms with Crippen molar-refractivity contribution in [2.75, 3.05) is 13.7 Å². The number of benzene rings is 1. The van der Waals surface area contributed by atoms with Crippen molar-refractivity contribution in [3.05, 3.63) is 36.0 Å². The molecule has 5 nitrogen and oxygen atoms in total. The molecule has 0 amide bonds. The largest absolute Gasteiger partial charge is 0.497 e. The molecule has 6 heteroatoms. The van der Waals surface area contributed by atoms with E-state index in [1.54, 1.807) is 13.3 Å². The van der Waals surface area contributed by atoms with Crippen LogP contribution in [0.5, 0.6) is 5.75 Å². The Kier molecular flexibility index (Phi) is 5.85. The number of rotatable bonds is 6. The van der Waals surface area contributed by atoms with Crippen LogP contribution in [0, 0.1) is 11.8 Å². The SMILES string of the molecule is COc1ccc2nccc([C@@H](OC(C)=O)C(C)N3CC[C@@H]4C3C[C@@H]4[C@H](C)Br)c2c1. The second kappa shape index (κ2) is 8.23. The van der Waals surface area contributed by atoms with Gasteiger partial charge in [-0.1, -0.05) is 22.9 Å². The van der Waals surface area contributed by atoms with Crippen molar-refractivity contribution in [1.82, 2.24) is 9.88 Å². The molecule has 2 fully saturated rings. The topological polar surface area (TPSA) is 51.7 Å². The summed E-state index contributed by atoms with van der Waals surface area (Å²) in [5.74, 6) is 2.00. The fraction of sp³-hybridized carbons (Fsp3) is 0.565. The molecule has 156 valence electrons. The third-order valence-electron chi connectivity index (χ3n) is 6.84. The number of halogens is 1. The van der Waals surface area contributed by atoms with Gasteiger partial charge in [-0.2, -0.15) is 0 Å². The molecular weight excluding hydrogens is 432 g/mol. The van der Waals surface area contributed by atoms with Crippen LogP contribution in [-0.4, -0.2) is 46.4 Å². The van der Waals surface area contributed by atoms with Gasteiger partial charge in [0, 0.05) is 41.0 Å². The number of hydrogen-bond acceptors (Lipinski definition) is 5. The van der Waals surface area contributed by atoms with Crippen LogP contribution in [0.1, 0.15) is 45.3 Å². The van der Waals surface area contributed by atoms with E-state index >= 15 is 0 Å². The van der Waals surface area contributed by atoms with E-state index in [2.05, 4.69) is 39.7 Å². The van der Waals surface area contributed by atoms with Gasteiger partial charge in [0.15, 0.2) is 0 Å². The highest BCUT2D eigenvalue weighted by molar-refractivity contribution is 9.09. The van der Waals surface area contributed by atoms with E-state index in [0.29, 0.717) is 10.9 Å². The minimum atomic E-state index is -0.343. The Morgan fingerprint density at radius 3 is 2.79 bits per heavy atom. The van der Waals surface area contributed by atoms with E-state index in [0.717, 1.165) is 40.6 Å². The zero-order valence-electron chi connectivity index (χ0n) is 17.5. The predicted molar refractivity (Wildman–Crippen MR) is 117 cm³/mol. The lowest BCUT2D eigenvalue weighted by atomic mass is 9.68. The minimum Gasteiger partial charge on any atom is -0.497 e. The van der Waals surface area contributed by atoms with Gasteiger partial charge in [-0.25, -0.2) is 0 Å². The molecule has 2 aliphatic rings. The summed E-state index contributed by atoms with van der Waals surface area (Å²) < 4.78 is 11.3. The average Bonchev–Trinajstić information content (AvgIpc) is 3.00. The maximum atomic E-state index is 12.0. The fourth-order valence-electron chi connectivity index (χ4n) is 5.30. The van der Waals surface area contributed by atoms with Crippen LogP contribution in [0.25, 0.3) is 10.9 Å². The Hall–Kier alpha value is -1.66. The number of alkyl halides is 1. The highest BCUT2D eigenvalue weighted by atomic mass is 79.9. The Morgan fingerprint density at radius 2 is 2.10 bits per heavy atom. The summed E-state index contributed by atoms with van der Waals surface area (Å²) in [5.41, 5.74) is 1.87. The molecule has 1 aliphatic carbocycles. The predicted octanol–water partition coefficient (Wildman–Crippen LogP) is 4.73. The summed E-state index contributed by atoms with van der Waals surface area (Å²) in [6.07, 6.45) is 3.88. The molecule has 1 aromatic heterocycles. The molecule has 29 heavy (non-hydrogen) atoms. The number of ether oxygens (including phenoxy) is 2. The number of esters is 1. The lowest BCUT2D eigenvalue weighted by Gasteiger charge is -2.48. The summed E-state index contributed by atoms with van der Waals surface area (Å²) in [5, 5.41) is 0.973. The third kappa shape index (κ3) is 3.77. The third-order valence-corrected chi connectivity index (χ3v) is 7.52. The van der Waals surface area contributed by atoms with Gasteiger partial charge < -0.3 is 9.47 Å². The second-order valence-electron chi connectivity index (χ2n) is 8.39. The molecule has 0 N–H and O–H groups in total. The first-order valence-corrected chi connectivity index (χ1v) is 11.3. The summed E-state index contributed by atoms with van der Waals surface area (Å²) in [4.78, 5) is 19.6. The van der Waals surface area contributed by atoms with Gasteiger partial charge in [-0.15, -0.1) is 0 Å². The molecule has 4 rings (SSSR count). The molecule has 6 atom stereocenters. The Morgan fingerprint density at radius 1 is 1.31 bits per heavy atom. The van der Waals surface area contributed by atoms with Gasteiger partial charge in [-0.05, 0) is 62.4 Å². The summed E-state index contributed by atoms with van der Waals surface area (Å²) in [7, 11) is 1.66. The molecule has 1 saturated carbocycles. The summed E-state index contributed by atoms with van der Waals surface area (Å²) in [6, 6.07) is 8.49. The maximum Gasteiger partial charge on any atom is 0.303 e. The molecule has 0 bridgehead atoms. The minimum absolute atomic E-state index is 0.0947. The number of carbonyl (C=O) groups excluding carboxylic acids is 1. The zero-order chi connectivity index (χ0) is 20.7. The van der Waals surface area contributed by atoms with E-state index in [1.807, 2.05) is 24.3 Å². The smallest absolute Gasteiger partial charge is 0.303 e. The zero-order valence-corrected chi connectivity index (χ0v) is 19.1. The monoisotopic (exact) mass is 460 g/mol. The van der Waals surface area contributed by atoms with Crippen molar-refractivity contribution in [3.63, 3.8) is 0 Å². The van der Waals surface area contributed by atoms with Crippen LogP contribution in [0.4, 0.5) is 0 Å². The summed E-state index contributed by atoms with van der Waals surface area (Å²) in [6.45, 7) is 6.98. The van der Waals surface area contributed by atoms with Gasteiger partial charge >= 0.3 is 5.97 Å². The molecule has 1 aliphatic heterocycles. The number of likely N-dealkylation sites (tertiary alicyclic amines) is 1. The van der Waals surface area contributed by atoms with E-state index in [1.165, 1.54) is 19.8 Å². The van der Waals surface area contributed by atoms with Gasteiger partial charge in [0.25, 0.3) is 0 Å². The Balaban J connectivity index is 1.67. The number of hydrogen-bond donors (Lipinski definition) is 0. The van der Waals surface area contributed by atoms with Crippen molar-refractivity contribution in [2.45, 2.75) is 56.6 Å². The van der Waals surface area contributed by atoms with Crippen LogP contribution in [0.2, 0.25) is 0 Å². The normalized spacial score (nSPS) is 27.0. The first kappa shape index (κ1) is 20.6. The number of carbonyl (C=O) groups is 1. The number of methoxy groups -OCH3 is 1. The molecule has 0 radical (unpaired) electrons. The maximum absolute atomic E-state index is 12.0. The molecule has 0 spiro atoms. The number of pyridine rings is 1. The van der Waals surface area contributed by atoms with Crippen LogP contribution in [-0.2, 0) is 9.53 Å². The Bertz CT molecular complexity index is 903.